The molecular formula is C17H21FN2O. The Balaban J connectivity index is 1.79. The predicted molar refractivity (Wildman–Crippen MR) is 82.0 cm³/mol. The van der Waals surface area contributed by atoms with Crippen LogP contribution >= 0.6 is 0 Å². The maximum atomic E-state index is 13.4. The van der Waals surface area contributed by atoms with E-state index in [2.05, 4.69) is 23.7 Å². The van der Waals surface area contributed by atoms with Gasteiger partial charge in [0, 0.05) is 35.8 Å². The summed E-state index contributed by atoms with van der Waals surface area (Å²) in [5, 5.41) is 0.679. The third-order valence-electron chi connectivity index (χ3n) is 4.26. The smallest absolute Gasteiger partial charge is 0.178 e. The van der Waals surface area contributed by atoms with Crippen molar-refractivity contribution in [3.05, 3.63) is 35.8 Å². The van der Waals surface area contributed by atoms with Crippen molar-refractivity contribution in [1.82, 2.24) is 9.88 Å². The molecule has 2 heterocycles. The summed E-state index contributed by atoms with van der Waals surface area (Å²) in [6.45, 7) is 6.81. The van der Waals surface area contributed by atoms with E-state index < -0.39 is 0 Å². The van der Waals surface area contributed by atoms with Gasteiger partial charge in [-0.3, -0.25) is 9.69 Å². The second kappa shape index (κ2) is 5.60. The number of likely N-dealkylation sites (tertiary alicyclic amines) is 1. The molecule has 112 valence electrons. The van der Waals surface area contributed by atoms with Gasteiger partial charge in [0.2, 0.25) is 0 Å². The van der Waals surface area contributed by atoms with Crippen LogP contribution in [0.25, 0.3) is 10.9 Å². The van der Waals surface area contributed by atoms with Gasteiger partial charge in [0.15, 0.2) is 5.78 Å². The van der Waals surface area contributed by atoms with Gasteiger partial charge in [-0.1, -0.05) is 13.8 Å². The highest BCUT2D eigenvalue weighted by molar-refractivity contribution is 6.08. The Morgan fingerprint density at radius 3 is 2.76 bits per heavy atom. The summed E-state index contributed by atoms with van der Waals surface area (Å²) in [7, 11) is 0. The third kappa shape index (κ3) is 3.00. The van der Waals surface area contributed by atoms with Gasteiger partial charge < -0.3 is 4.98 Å². The van der Waals surface area contributed by atoms with E-state index in [1.165, 1.54) is 18.6 Å². The Hall–Kier alpha value is -1.68. The molecule has 0 amide bonds. The number of nitrogens with one attached hydrogen (secondary N) is 1. The van der Waals surface area contributed by atoms with E-state index in [-0.39, 0.29) is 11.6 Å². The molecule has 3 nitrogen and oxygen atoms in total. The van der Waals surface area contributed by atoms with Crippen LogP contribution in [0.15, 0.2) is 24.4 Å². The zero-order valence-corrected chi connectivity index (χ0v) is 12.5. The van der Waals surface area contributed by atoms with Crippen LogP contribution in [-0.4, -0.2) is 35.3 Å². The number of rotatable bonds is 3. The minimum Gasteiger partial charge on any atom is -0.360 e. The first kappa shape index (κ1) is 14.3. The number of fused-ring (bicyclic) bond motifs is 1. The van der Waals surface area contributed by atoms with Crippen LogP contribution in [0.4, 0.5) is 4.39 Å². The molecule has 1 saturated heterocycles. The van der Waals surface area contributed by atoms with Crippen molar-refractivity contribution in [1.29, 1.82) is 0 Å². The maximum absolute atomic E-state index is 13.4. The lowest BCUT2D eigenvalue weighted by Gasteiger charge is -2.34. The van der Waals surface area contributed by atoms with Crippen LogP contribution in [0, 0.1) is 17.7 Å². The molecule has 0 bridgehead atoms. The lowest BCUT2D eigenvalue weighted by molar-refractivity contribution is 0.0851. The van der Waals surface area contributed by atoms with E-state index in [1.807, 2.05) is 0 Å². The maximum Gasteiger partial charge on any atom is 0.178 e. The molecule has 1 aromatic heterocycles. The van der Waals surface area contributed by atoms with Crippen molar-refractivity contribution in [3.8, 4) is 0 Å². The average Bonchev–Trinajstić information content (AvgIpc) is 2.80. The lowest BCUT2D eigenvalue weighted by atomic mass is 9.91. The van der Waals surface area contributed by atoms with Crippen LogP contribution in [0.3, 0.4) is 0 Å². The van der Waals surface area contributed by atoms with Gasteiger partial charge in [-0.15, -0.1) is 0 Å². The number of carbonyl (C=O) groups excluding carboxylic acids is 1. The zero-order valence-electron chi connectivity index (χ0n) is 12.5. The molecule has 0 saturated carbocycles. The SMILES string of the molecule is CC1CC(C)CN(CC(=O)c2c[nH]c3ccc(F)cc23)C1. The minimum atomic E-state index is -0.309. The molecule has 3 rings (SSSR count). The molecule has 21 heavy (non-hydrogen) atoms. The molecule has 1 fully saturated rings. The van der Waals surface area contributed by atoms with Crippen molar-refractivity contribution >= 4 is 16.7 Å². The van der Waals surface area contributed by atoms with Crippen LogP contribution in [0.1, 0.15) is 30.6 Å². The highest BCUT2D eigenvalue weighted by atomic mass is 19.1. The first-order valence-corrected chi connectivity index (χ1v) is 7.55. The number of benzene rings is 1. The summed E-state index contributed by atoms with van der Waals surface area (Å²) >= 11 is 0. The topological polar surface area (TPSA) is 36.1 Å². The summed E-state index contributed by atoms with van der Waals surface area (Å²) in [6.07, 6.45) is 2.92. The number of carbonyl (C=O) groups is 1. The van der Waals surface area contributed by atoms with Crippen molar-refractivity contribution in [3.63, 3.8) is 0 Å². The van der Waals surface area contributed by atoms with Gasteiger partial charge in [-0.25, -0.2) is 4.39 Å². The molecule has 0 aliphatic carbocycles. The van der Waals surface area contributed by atoms with Gasteiger partial charge in [0.05, 0.1) is 6.54 Å². The molecule has 2 atom stereocenters. The van der Waals surface area contributed by atoms with Gasteiger partial charge in [0.25, 0.3) is 0 Å². The van der Waals surface area contributed by atoms with Crippen LogP contribution < -0.4 is 0 Å². The van der Waals surface area contributed by atoms with E-state index in [9.17, 15) is 9.18 Å². The number of hydrogen-bond donors (Lipinski definition) is 1. The van der Waals surface area contributed by atoms with E-state index in [0.29, 0.717) is 29.3 Å². The second-order valence-corrected chi connectivity index (χ2v) is 6.46. The Morgan fingerprint density at radius 2 is 2.05 bits per heavy atom. The number of ketones is 1. The second-order valence-electron chi connectivity index (χ2n) is 6.46. The average molecular weight is 288 g/mol. The van der Waals surface area contributed by atoms with E-state index in [4.69, 9.17) is 0 Å². The van der Waals surface area contributed by atoms with E-state index in [0.717, 1.165) is 18.6 Å². The summed E-state index contributed by atoms with van der Waals surface area (Å²) in [5.41, 5.74) is 1.40. The summed E-state index contributed by atoms with van der Waals surface area (Å²) in [6, 6.07) is 4.51. The largest absolute Gasteiger partial charge is 0.360 e. The number of hydrogen-bond acceptors (Lipinski definition) is 2. The fourth-order valence-electron chi connectivity index (χ4n) is 3.53. The number of nitrogens with zero attached hydrogens (tertiary/aromatic N) is 1. The fourth-order valence-corrected chi connectivity index (χ4v) is 3.53. The summed E-state index contributed by atoms with van der Waals surface area (Å²) in [5.74, 6) is 1.01. The Morgan fingerprint density at radius 1 is 1.33 bits per heavy atom. The van der Waals surface area contributed by atoms with E-state index >= 15 is 0 Å². The highest BCUT2D eigenvalue weighted by Crippen LogP contribution is 2.23. The van der Waals surface area contributed by atoms with Crippen LogP contribution in [-0.2, 0) is 0 Å². The first-order chi connectivity index (χ1) is 10.0. The molecule has 0 radical (unpaired) electrons. The molecule has 1 aromatic carbocycles. The minimum absolute atomic E-state index is 0.0631. The van der Waals surface area contributed by atoms with Crippen molar-refractivity contribution in [2.75, 3.05) is 19.6 Å². The number of aromatic amines is 1. The van der Waals surface area contributed by atoms with Crippen molar-refractivity contribution in [2.45, 2.75) is 20.3 Å². The van der Waals surface area contributed by atoms with Gasteiger partial charge in [-0.05, 0) is 36.5 Å². The normalized spacial score (nSPS) is 23.6. The molecule has 2 unspecified atom stereocenters. The quantitative estimate of drug-likeness (QED) is 0.878. The lowest BCUT2D eigenvalue weighted by Crippen LogP contribution is -2.41. The number of piperidine rings is 1. The predicted octanol–water partition coefficient (Wildman–Crippen LogP) is 3.47. The number of Topliss-reactive ketones (excluding diaryl/α,β-unsaturated/α-hetero) is 1. The Kier molecular flexibility index (Phi) is 3.81. The van der Waals surface area contributed by atoms with Gasteiger partial charge in [0.1, 0.15) is 5.82 Å². The Bertz CT molecular complexity index is 654. The highest BCUT2D eigenvalue weighted by Gasteiger charge is 2.24. The molecule has 1 N–H and O–H groups in total. The molecule has 4 heteroatoms. The van der Waals surface area contributed by atoms with Crippen LogP contribution in [0.2, 0.25) is 0 Å². The molecular weight excluding hydrogens is 267 g/mol. The third-order valence-corrected chi connectivity index (χ3v) is 4.26. The summed E-state index contributed by atoms with van der Waals surface area (Å²) < 4.78 is 13.4. The van der Waals surface area contributed by atoms with Gasteiger partial charge in [-0.2, -0.15) is 0 Å². The monoisotopic (exact) mass is 288 g/mol. The first-order valence-electron chi connectivity index (χ1n) is 7.55. The Labute approximate surface area is 124 Å². The molecule has 1 aliphatic heterocycles. The molecule has 1 aliphatic rings. The standard InChI is InChI=1S/C17H21FN2O/c1-11-5-12(2)9-20(8-11)10-17(21)15-7-19-16-4-3-13(18)6-14(15)16/h3-4,6-7,11-12,19H,5,8-10H2,1-2H3. The van der Waals surface area contributed by atoms with Crippen LogP contribution in [0.5, 0.6) is 0 Å². The molecule has 0 spiro atoms. The number of halogens is 1. The number of H-pyrrole nitrogens is 1. The summed E-state index contributed by atoms with van der Waals surface area (Å²) in [4.78, 5) is 17.8. The fraction of sp³-hybridized carbons (Fsp3) is 0.471. The molecule has 2 aromatic rings. The van der Waals surface area contributed by atoms with E-state index in [1.54, 1.807) is 12.3 Å². The number of aromatic nitrogens is 1. The van der Waals surface area contributed by atoms with Gasteiger partial charge >= 0.3 is 0 Å². The van der Waals surface area contributed by atoms with Crippen molar-refractivity contribution < 1.29 is 9.18 Å². The zero-order chi connectivity index (χ0) is 15.0. The van der Waals surface area contributed by atoms with Crippen molar-refractivity contribution in [2.24, 2.45) is 11.8 Å².